The summed E-state index contributed by atoms with van der Waals surface area (Å²) in [5, 5.41) is 4.92. The summed E-state index contributed by atoms with van der Waals surface area (Å²) in [6.45, 7) is 3.10. The van der Waals surface area contributed by atoms with Gasteiger partial charge in [0.05, 0.1) is 13.2 Å². The number of morpholine rings is 1. The first kappa shape index (κ1) is 17.2. The molecule has 1 aliphatic heterocycles. The fourth-order valence-electron chi connectivity index (χ4n) is 2.71. The Hall–Kier alpha value is -1.63. The molecule has 1 aromatic heterocycles. The second kappa shape index (κ2) is 7.51. The first-order valence-electron chi connectivity index (χ1n) is 7.65. The van der Waals surface area contributed by atoms with E-state index in [2.05, 4.69) is 10.1 Å². The van der Waals surface area contributed by atoms with Gasteiger partial charge in [-0.25, -0.2) is 0 Å². The van der Waals surface area contributed by atoms with Crippen molar-refractivity contribution < 1.29 is 14.1 Å². The van der Waals surface area contributed by atoms with Crippen LogP contribution in [0.3, 0.4) is 0 Å². The Balaban J connectivity index is 1.68. The van der Waals surface area contributed by atoms with Crippen LogP contribution in [-0.2, 0) is 16.0 Å². The molecule has 3 rings (SSSR count). The van der Waals surface area contributed by atoms with Crippen LogP contribution in [0.1, 0.15) is 29.7 Å². The number of aryl methyl sites for hydroxylation is 2. The molecule has 2 aromatic rings. The van der Waals surface area contributed by atoms with Crippen molar-refractivity contribution in [3.8, 4) is 0 Å². The van der Waals surface area contributed by atoms with Gasteiger partial charge in [0.15, 0.2) is 5.82 Å². The number of hydrogen-bond donors (Lipinski definition) is 0. The van der Waals surface area contributed by atoms with Gasteiger partial charge in [0.2, 0.25) is 5.91 Å². The average Bonchev–Trinajstić information content (AvgIpc) is 2.98. The van der Waals surface area contributed by atoms with Crippen molar-refractivity contribution in [1.29, 1.82) is 0 Å². The molecule has 128 valence electrons. The molecule has 0 bridgehead atoms. The van der Waals surface area contributed by atoms with Gasteiger partial charge in [-0.05, 0) is 37.1 Å². The Bertz CT molecular complexity index is 715. The zero-order valence-electron chi connectivity index (χ0n) is 13.2. The highest BCUT2D eigenvalue weighted by atomic mass is 35.5. The summed E-state index contributed by atoms with van der Waals surface area (Å²) in [5.41, 5.74) is 0.930. The fourth-order valence-corrected chi connectivity index (χ4v) is 3.28. The number of halogens is 2. The molecular weight excluding hydrogens is 353 g/mol. The van der Waals surface area contributed by atoms with E-state index in [4.69, 9.17) is 32.5 Å². The number of nitrogens with zero attached hydrogens (tertiary/aromatic N) is 3. The number of carbonyl (C=O) groups is 1. The lowest BCUT2D eigenvalue weighted by molar-refractivity contribution is -0.141. The molecule has 1 atom stereocenters. The molecule has 1 saturated heterocycles. The van der Waals surface area contributed by atoms with Gasteiger partial charge in [-0.2, -0.15) is 4.98 Å². The lowest BCUT2D eigenvalue weighted by Gasteiger charge is -2.33. The van der Waals surface area contributed by atoms with Crippen LogP contribution in [0.25, 0.3) is 0 Å². The van der Waals surface area contributed by atoms with Crippen LogP contribution in [0.4, 0.5) is 0 Å². The van der Waals surface area contributed by atoms with E-state index in [-0.39, 0.29) is 11.9 Å². The molecule has 2 heterocycles. The van der Waals surface area contributed by atoms with E-state index >= 15 is 0 Å². The third kappa shape index (κ3) is 4.06. The molecule has 0 N–H and O–H groups in total. The summed E-state index contributed by atoms with van der Waals surface area (Å²) in [6, 6.07) is 4.97. The number of amides is 1. The number of carbonyl (C=O) groups excluding carboxylic acids is 1. The Kier molecular flexibility index (Phi) is 5.38. The largest absolute Gasteiger partial charge is 0.377 e. The number of rotatable bonds is 4. The minimum absolute atomic E-state index is 0.00949. The topological polar surface area (TPSA) is 68.5 Å². The van der Waals surface area contributed by atoms with Crippen molar-refractivity contribution in [2.75, 3.05) is 19.8 Å². The van der Waals surface area contributed by atoms with Crippen molar-refractivity contribution in [2.24, 2.45) is 0 Å². The number of aromatic nitrogens is 2. The van der Waals surface area contributed by atoms with Gasteiger partial charge in [0, 0.05) is 23.0 Å². The normalized spacial score (nSPS) is 18.0. The van der Waals surface area contributed by atoms with Gasteiger partial charge < -0.3 is 14.2 Å². The van der Waals surface area contributed by atoms with Crippen LogP contribution in [-0.4, -0.2) is 40.7 Å². The molecule has 0 spiro atoms. The molecular formula is C16H17Cl2N3O3. The zero-order valence-corrected chi connectivity index (χ0v) is 14.7. The van der Waals surface area contributed by atoms with E-state index in [1.165, 1.54) is 0 Å². The minimum Gasteiger partial charge on any atom is -0.377 e. The summed E-state index contributed by atoms with van der Waals surface area (Å²) in [6.07, 6.45) is 0.909. The highest BCUT2D eigenvalue weighted by molar-refractivity contribution is 6.34. The molecule has 0 saturated carbocycles. The van der Waals surface area contributed by atoms with Gasteiger partial charge in [0.25, 0.3) is 5.89 Å². The molecule has 1 aromatic carbocycles. The highest BCUT2D eigenvalue weighted by Gasteiger charge is 2.32. The number of ether oxygens (including phenoxy) is 1. The smallest absolute Gasteiger partial charge is 0.251 e. The molecule has 0 radical (unpaired) electrons. The number of hydrogen-bond acceptors (Lipinski definition) is 5. The van der Waals surface area contributed by atoms with Crippen LogP contribution >= 0.6 is 23.2 Å². The Morgan fingerprint density at radius 1 is 1.33 bits per heavy atom. The van der Waals surface area contributed by atoms with E-state index in [0.29, 0.717) is 54.4 Å². The summed E-state index contributed by atoms with van der Waals surface area (Å²) < 4.78 is 10.7. The van der Waals surface area contributed by atoms with E-state index in [0.717, 1.165) is 5.56 Å². The second-order valence-corrected chi connectivity index (χ2v) is 6.51. The molecule has 1 aliphatic rings. The minimum atomic E-state index is -0.338. The SMILES string of the molecule is Cc1noc([C@@H]2COCCN2C(=O)CCc2cc(Cl)cc(Cl)c2)n1. The van der Waals surface area contributed by atoms with Crippen molar-refractivity contribution in [2.45, 2.75) is 25.8 Å². The monoisotopic (exact) mass is 369 g/mol. The maximum Gasteiger partial charge on any atom is 0.251 e. The zero-order chi connectivity index (χ0) is 17.1. The summed E-state index contributed by atoms with van der Waals surface area (Å²) in [4.78, 5) is 18.6. The van der Waals surface area contributed by atoms with Crippen LogP contribution < -0.4 is 0 Å². The Morgan fingerprint density at radius 3 is 2.75 bits per heavy atom. The molecule has 8 heteroatoms. The summed E-state index contributed by atoms with van der Waals surface area (Å²) >= 11 is 12.0. The molecule has 0 unspecified atom stereocenters. The maximum absolute atomic E-state index is 12.6. The van der Waals surface area contributed by atoms with Crippen molar-refractivity contribution in [3.05, 3.63) is 45.5 Å². The third-order valence-electron chi connectivity index (χ3n) is 3.83. The molecule has 0 aliphatic carbocycles. The van der Waals surface area contributed by atoms with E-state index in [9.17, 15) is 4.79 Å². The predicted octanol–water partition coefficient (Wildman–Crippen LogP) is 3.22. The van der Waals surface area contributed by atoms with Gasteiger partial charge in [-0.3, -0.25) is 4.79 Å². The summed E-state index contributed by atoms with van der Waals surface area (Å²) in [5.74, 6) is 0.957. The van der Waals surface area contributed by atoms with E-state index in [1.54, 1.807) is 17.9 Å². The van der Waals surface area contributed by atoms with Gasteiger partial charge in [0.1, 0.15) is 6.04 Å². The first-order chi connectivity index (χ1) is 11.5. The standard InChI is InChI=1S/C16H17Cl2N3O3/c1-10-19-16(24-20-10)14-9-23-5-4-21(14)15(22)3-2-11-6-12(17)8-13(18)7-11/h6-8,14H,2-5,9H2,1H3/t14-/m0/s1. The summed E-state index contributed by atoms with van der Waals surface area (Å²) in [7, 11) is 0. The quantitative estimate of drug-likeness (QED) is 0.827. The molecule has 6 nitrogen and oxygen atoms in total. The van der Waals surface area contributed by atoms with Crippen molar-refractivity contribution in [1.82, 2.24) is 15.0 Å². The third-order valence-corrected chi connectivity index (χ3v) is 4.26. The fraction of sp³-hybridized carbons (Fsp3) is 0.438. The lowest BCUT2D eigenvalue weighted by atomic mass is 10.1. The van der Waals surface area contributed by atoms with Gasteiger partial charge >= 0.3 is 0 Å². The van der Waals surface area contributed by atoms with Crippen molar-refractivity contribution >= 4 is 29.1 Å². The van der Waals surface area contributed by atoms with E-state index in [1.807, 2.05) is 12.1 Å². The van der Waals surface area contributed by atoms with Gasteiger partial charge in [-0.15, -0.1) is 0 Å². The maximum atomic E-state index is 12.6. The van der Waals surface area contributed by atoms with Crippen molar-refractivity contribution in [3.63, 3.8) is 0 Å². The van der Waals surface area contributed by atoms with Crippen LogP contribution in [0, 0.1) is 6.92 Å². The second-order valence-electron chi connectivity index (χ2n) is 5.64. The van der Waals surface area contributed by atoms with E-state index < -0.39 is 0 Å². The molecule has 1 fully saturated rings. The van der Waals surface area contributed by atoms with Crippen LogP contribution in [0.5, 0.6) is 0 Å². The van der Waals surface area contributed by atoms with Gasteiger partial charge in [-0.1, -0.05) is 28.4 Å². The Labute approximate surface area is 149 Å². The highest BCUT2D eigenvalue weighted by Crippen LogP contribution is 2.25. The predicted molar refractivity (Wildman–Crippen MR) is 89.1 cm³/mol. The molecule has 1 amide bonds. The first-order valence-corrected chi connectivity index (χ1v) is 8.41. The Morgan fingerprint density at radius 2 is 2.08 bits per heavy atom. The molecule has 24 heavy (non-hydrogen) atoms. The number of benzene rings is 1. The average molecular weight is 370 g/mol. The van der Waals surface area contributed by atoms with Crippen LogP contribution in [0.2, 0.25) is 10.0 Å². The van der Waals surface area contributed by atoms with Crippen LogP contribution in [0.15, 0.2) is 22.7 Å². The lowest BCUT2D eigenvalue weighted by Crippen LogP contribution is -2.43.